The molecule has 102 valence electrons. The Hall–Kier alpha value is -2.07. The van der Waals surface area contributed by atoms with Crippen LogP contribution < -0.4 is 10.6 Å². The second-order valence-corrected chi connectivity index (χ2v) is 5.81. The molecule has 1 spiro atoms. The fraction of sp³-hybridized carbons (Fsp3) is 0.312. The molecule has 0 radical (unpaired) electrons. The zero-order valence-corrected chi connectivity index (χ0v) is 11.2. The van der Waals surface area contributed by atoms with E-state index in [4.69, 9.17) is 10.5 Å². The fourth-order valence-corrected chi connectivity index (χ4v) is 3.07. The van der Waals surface area contributed by atoms with E-state index in [0.29, 0.717) is 5.41 Å². The van der Waals surface area contributed by atoms with Crippen LogP contribution in [0, 0.1) is 5.41 Å². The first-order valence-electron chi connectivity index (χ1n) is 6.90. The quantitative estimate of drug-likeness (QED) is 0.906. The molecule has 2 fully saturated rings. The van der Waals surface area contributed by atoms with Crippen molar-refractivity contribution < 1.29 is 4.74 Å². The molecule has 20 heavy (non-hydrogen) atoms. The first-order valence-corrected chi connectivity index (χ1v) is 6.90. The summed E-state index contributed by atoms with van der Waals surface area (Å²) in [7, 11) is 0. The third-order valence-corrected chi connectivity index (χ3v) is 4.22. The molecular weight excluding hydrogens is 250 g/mol. The van der Waals surface area contributed by atoms with Crippen molar-refractivity contribution in [1.29, 1.82) is 0 Å². The Balaban J connectivity index is 1.65. The summed E-state index contributed by atoms with van der Waals surface area (Å²) in [6.07, 6.45) is 1.84. The van der Waals surface area contributed by atoms with E-state index >= 15 is 0 Å². The summed E-state index contributed by atoms with van der Waals surface area (Å²) in [5.41, 5.74) is 9.67. The number of nitrogens with two attached hydrogens (primary N) is 1. The molecular formula is C16H17N3O. The Morgan fingerprint density at radius 3 is 2.50 bits per heavy atom. The van der Waals surface area contributed by atoms with E-state index < -0.39 is 0 Å². The van der Waals surface area contributed by atoms with Gasteiger partial charge in [0.05, 0.1) is 24.3 Å². The number of hydrogen-bond donors (Lipinski definition) is 1. The minimum Gasteiger partial charge on any atom is -0.395 e. The van der Waals surface area contributed by atoms with Crippen molar-refractivity contribution in [2.24, 2.45) is 5.41 Å². The number of benzene rings is 1. The van der Waals surface area contributed by atoms with Crippen LogP contribution in [0.5, 0.6) is 0 Å². The van der Waals surface area contributed by atoms with Gasteiger partial charge in [-0.15, -0.1) is 0 Å². The second-order valence-electron chi connectivity index (χ2n) is 5.81. The van der Waals surface area contributed by atoms with Crippen LogP contribution in [0.15, 0.2) is 42.6 Å². The van der Waals surface area contributed by atoms with Gasteiger partial charge in [-0.3, -0.25) is 0 Å². The van der Waals surface area contributed by atoms with E-state index in [1.54, 1.807) is 0 Å². The summed E-state index contributed by atoms with van der Waals surface area (Å²) in [6, 6.07) is 12.2. The van der Waals surface area contributed by atoms with E-state index in [1.165, 1.54) is 0 Å². The van der Waals surface area contributed by atoms with Crippen LogP contribution in [0.2, 0.25) is 0 Å². The normalized spacial score (nSPS) is 19.5. The molecule has 3 heterocycles. The maximum Gasteiger partial charge on any atom is 0.152 e. The first-order chi connectivity index (χ1) is 9.77. The van der Waals surface area contributed by atoms with Crippen molar-refractivity contribution in [2.45, 2.75) is 0 Å². The first kappa shape index (κ1) is 11.7. The van der Waals surface area contributed by atoms with Gasteiger partial charge >= 0.3 is 0 Å². The van der Waals surface area contributed by atoms with Gasteiger partial charge in [0.15, 0.2) is 5.82 Å². The van der Waals surface area contributed by atoms with Crippen LogP contribution in [0.1, 0.15) is 0 Å². The maximum atomic E-state index is 6.34. The minimum absolute atomic E-state index is 0.372. The molecule has 2 aliphatic rings. The van der Waals surface area contributed by atoms with Crippen molar-refractivity contribution in [1.82, 2.24) is 4.98 Å². The number of nitrogen functional groups attached to an aromatic ring is 1. The number of anilines is 2. The van der Waals surface area contributed by atoms with Gasteiger partial charge in [-0.25, -0.2) is 4.98 Å². The largest absolute Gasteiger partial charge is 0.395 e. The Bertz CT molecular complexity index is 629. The molecule has 2 aromatic rings. The topological polar surface area (TPSA) is 51.4 Å². The third kappa shape index (κ3) is 1.68. The van der Waals surface area contributed by atoms with Crippen molar-refractivity contribution in [2.75, 3.05) is 36.9 Å². The van der Waals surface area contributed by atoms with E-state index in [2.05, 4.69) is 22.0 Å². The Morgan fingerprint density at radius 2 is 1.85 bits per heavy atom. The standard InChI is InChI=1S/C16H17N3O/c17-14-13(12-4-2-1-3-5-12)6-7-18-15(14)19-8-16(9-19)10-20-11-16/h1-7H,8-11,17H2. The molecule has 2 saturated heterocycles. The molecule has 4 rings (SSSR count). The van der Waals surface area contributed by atoms with E-state index in [-0.39, 0.29) is 0 Å². The molecule has 1 aromatic carbocycles. The molecule has 0 aliphatic carbocycles. The molecule has 0 bridgehead atoms. The number of pyridine rings is 1. The molecule has 0 amide bonds. The van der Waals surface area contributed by atoms with Crippen LogP contribution in [0.3, 0.4) is 0 Å². The van der Waals surface area contributed by atoms with Crippen LogP contribution in [-0.2, 0) is 4.74 Å². The highest BCUT2D eigenvalue weighted by Crippen LogP contribution is 2.42. The van der Waals surface area contributed by atoms with Gasteiger partial charge in [0.1, 0.15) is 0 Å². The summed E-state index contributed by atoms with van der Waals surface area (Å²) < 4.78 is 5.31. The summed E-state index contributed by atoms with van der Waals surface area (Å²) in [4.78, 5) is 6.72. The monoisotopic (exact) mass is 267 g/mol. The lowest BCUT2D eigenvalue weighted by molar-refractivity contribution is -0.127. The lowest BCUT2D eigenvalue weighted by Crippen LogP contribution is -2.66. The summed E-state index contributed by atoms with van der Waals surface area (Å²) in [5.74, 6) is 0.906. The highest BCUT2D eigenvalue weighted by Gasteiger charge is 2.49. The van der Waals surface area contributed by atoms with Gasteiger partial charge < -0.3 is 15.4 Å². The molecule has 0 unspecified atom stereocenters. The second kappa shape index (κ2) is 4.21. The molecule has 0 atom stereocenters. The highest BCUT2D eigenvalue weighted by molar-refractivity contribution is 5.84. The molecule has 0 saturated carbocycles. The number of aromatic nitrogens is 1. The predicted molar refractivity (Wildman–Crippen MR) is 79.6 cm³/mol. The lowest BCUT2D eigenvalue weighted by Gasteiger charge is -2.55. The maximum absolute atomic E-state index is 6.34. The van der Waals surface area contributed by atoms with Gasteiger partial charge in [-0.05, 0) is 11.6 Å². The van der Waals surface area contributed by atoms with Gasteiger partial charge in [-0.1, -0.05) is 30.3 Å². The van der Waals surface area contributed by atoms with Crippen LogP contribution in [0.4, 0.5) is 11.5 Å². The summed E-state index contributed by atoms with van der Waals surface area (Å²) in [6.45, 7) is 3.76. The lowest BCUT2D eigenvalue weighted by atomic mass is 9.78. The number of nitrogens with zero attached hydrogens (tertiary/aromatic N) is 2. The van der Waals surface area contributed by atoms with Crippen LogP contribution in [-0.4, -0.2) is 31.3 Å². The van der Waals surface area contributed by atoms with Gasteiger partial charge in [0.25, 0.3) is 0 Å². The predicted octanol–water partition coefficient (Wildman–Crippen LogP) is 2.17. The van der Waals surface area contributed by atoms with Gasteiger partial charge in [0, 0.05) is 24.8 Å². The van der Waals surface area contributed by atoms with Crippen molar-refractivity contribution in [3.8, 4) is 11.1 Å². The Morgan fingerprint density at radius 1 is 1.10 bits per heavy atom. The Labute approximate surface area is 118 Å². The van der Waals surface area contributed by atoms with Gasteiger partial charge in [-0.2, -0.15) is 0 Å². The number of hydrogen-bond acceptors (Lipinski definition) is 4. The average Bonchev–Trinajstić information content (AvgIpc) is 2.38. The molecule has 2 aliphatic heterocycles. The van der Waals surface area contributed by atoms with Crippen molar-refractivity contribution in [3.63, 3.8) is 0 Å². The Kier molecular flexibility index (Phi) is 2.47. The van der Waals surface area contributed by atoms with Crippen molar-refractivity contribution in [3.05, 3.63) is 42.6 Å². The highest BCUT2D eigenvalue weighted by atomic mass is 16.5. The number of ether oxygens (including phenoxy) is 1. The molecule has 2 N–H and O–H groups in total. The zero-order chi connectivity index (χ0) is 13.6. The van der Waals surface area contributed by atoms with Crippen molar-refractivity contribution >= 4 is 11.5 Å². The average molecular weight is 267 g/mol. The summed E-state index contributed by atoms with van der Waals surface area (Å²) in [5, 5.41) is 0. The van der Waals surface area contributed by atoms with E-state index in [9.17, 15) is 0 Å². The third-order valence-electron chi connectivity index (χ3n) is 4.22. The molecule has 4 heteroatoms. The summed E-state index contributed by atoms with van der Waals surface area (Å²) >= 11 is 0. The molecule has 4 nitrogen and oxygen atoms in total. The fourth-order valence-electron chi connectivity index (χ4n) is 3.07. The number of rotatable bonds is 2. The van der Waals surface area contributed by atoms with Gasteiger partial charge in [0.2, 0.25) is 0 Å². The SMILES string of the molecule is Nc1c(-c2ccccc2)ccnc1N1CC2(COC2)C1. The zero-order valence-electron chi connectivity index (χ0n) is 11.2. The minimum atomic E-state index is 0.372. The molecule has 1 aromatic heterocycles. The van der Waals surface area contributed by atoms with E-state index in [1.807, 2.05) is 30.5 Å². The van der Waals surface area contributed by atoms with Crippen LogP contribution in [0.25, 0.3) is 11.1 Å². The van der Waals surface area contributed by atoms with Crippen LogP contribution >= 0.6 is 0 Å². The smallest absolute Gasteiger partial charge is 0.152 e. The van der Waals surface area contributed by atoms with E-state index in [0.717, 1.165) is 48.9 Å².